The van der Waals surface area contributed by atoms with E-state index in [1.54, 1.807) is 6.20 Å². The molecule has 0 fully saturated rings. The van der Waals surface area contributed by atoms with Crippen LogP contribution < -0.4 is 5.32 Å². The lowest BCUT2D eigenvalue weighted by atomic mass is 10.2. The second-order valence-electron chi connectivity index (χ2n) is 4.36. The smallest absolute Gasteiger partial charge is 0.131 e. The molecular weight excluding hydrogens is 260 g/mol. The van der Waals surface area contributed by atoms with Crippen molar-refractivity contribution in [3.8, 4) is 0 Å². The molecule has 0 saturated carbocycles. The van der Waals surface area contributed by atoms with Crippen molar-refractivity contribution >= 4 is 16.6 Å². The normalized spacial score (nSPS) is 10.7. The summed E-state index contributed by atoms with van der Waals surface area (Å²) >= 11 is 0. The van der Waals surface area contributed by atoms with Gasteiger partial charge in [-0.1, -0.05) is 24.3 Å². The predicted octanol–water partition coefficient (Wildman–Crippen LogP) is 3.52. The highest BCUT2D eigenvalue weighted by molar-refractivity contribution is 5.90. The van der Waals surface area contributed by atoms with Gasteiger partial charge in [0.2, 0.25) is 0 Å². The van der Waals surface area contributed by atoms with Crippen LogP contribution in [0.25, 0.3) is 10.9 Å². The highest BCUT2D eigenvalue weighted by atomic mass is 19.1. The van der Waals surface area contributed by atoms with E-state index in [1.165, 1.54) is 12.1 Å². The molecule has 0 bridgehead atoms. The summed E-state index contributed by atoms with van der Waals surface area (Å²) < 4.78 is 26.4. The first-order valence-corrected chi connectivity index (χ1v) is 6.12. The molecule has 3 nitrogen and oxygen atoms in total. The standard InChI is InChI=1S/C15H11F2N3/c16-11-6-5-10(13(17)7-11)8-18-15-9-19-20-14-4-2-1-3-12(14)15/h1-7,9H,8H2,(H,18,20). The first-order chi connectivity index (χ1) is 9.74. The quantitative estimate of drug-likeness (QED) is 0.792. The molecule has 1 heterocycles. The van der Waals surface area contributed by atoms with Gasteiger partial charge in [-0.3, -0.25) is 0 Å². The number of nitrogens with one attached hydrogen (secondary N) is 1. The Labute approximate surface area is 114 Å². The summed E-state index contributed by atoms with van der Waals surface area (Å²) in [5.74, 6) is -1.15. The van der Waals surface area contributed by atoms with Gasteiger partial charge in [0, 0.05) is 23.6 Å². The van der Waals surface area contributed by atoms with Gasteiger partial charge in [0.25, 0.3) is 0 Å². The third-order valence-corrected chi connectivity index (χ3v) is 3.03. The first kappa shape index (κ1) is 12.5. The number of nitrogens with zero attached hydrogens (tertiary/aromatic N) is 2. The average molecular weight is 271 g/mol. The number of anilines is 1. The first-order valence-electron chi connectivity index (χ1n) is 6.12. The molecule has 20 heavy (non-hydrogen) atoms. The highest BCUT2D eigenvalue weighted by Crippen LogP contribution is 2.21. The van der Waals surface area contributed by atoms with Crippen LogP contribution >= 0.6 is 0 Å². The molecule has 3 aromatic rings. The summed E-state index contributed by atoms with van der Waals surface area (Å²) in [5, 5.41) is 11.9. The maximum Gasteiger partial charge on any atom is 0.131 e. The monoisotopic (exact) mass is 271 g/mol. The van der Waals surface area contributed by atoms with E-state index in [2.05, 4.69) is 15.5 Å². The van der Waals surface area contributed by atoms with E-state index in [1.807, 2.05) is 24.3 Å². The molecular formula is C15H11F2N3. The summed E-state index contributed by atoms with van der Waals surface area (Å²) in [7, 11) is 0. The summed E-state index contributed by atoms with van der Waals surface area (Å²) in [4.78, 5) is 0. The third kappa shape index (κ3) is 2.42. The molecule has 0 radical (unpaired) electrons. The number of fused-ring (bicyclic) bond motifs is 1. The van der Waals surface area contributed by atoms with Crippen molar-refractivity contribution in [2.24, 2.45) is 0 Å². The van der Waals surface area contributed by atoms with Crippen LogP contribution in [0, 0.1) is 11.6 Å². The number of hydrogen-bond acceptors (Lipinski definition) is 3. The van der Waals surface area contributed by atoms with Crippen molar-refractivity contribution in [3.63, 3.8) is 0 Å². The fraction of sp³-hybridized carbons (Fsp3) is 0.0667. The van der Waals surface area contributed by atoms with Crippen LogP contribution in [0.2, 0.25) is 0 Å². The van der Waals surface area contributed by atoms with Gasteiger partial charge in [-0.2, -0.15) is 10.2 Å². The predicted molar refractivity (Wildman–Crippen MR) is 73.2 cm³/mol. The van der Waals surface area contributed by atoms with E-state index in [9.17, 15) is 8.78 Å². The van der Waals surface area contributed by atoms with E-state index in [0.29, 0.717) is 5.56 Å². The fourth-order valence-electron chi connectivity index (χ4n) is 2.00. The Morgan fingerprint density at radius 1 is 1.05 bits per heavy atom. The van der Waals surface area contributed by atoms with Gasteiger partial charge in [0.1, 0.15) is 11.6 Å². The molecule has 0 atom stereocenters. The molecule has 0 spiro atoms. The lowest BCUT2D eigenvalue weighted by Gasteiger charge is -2.09. The minimum atomic E-state index is -0.581. The van der Waals surface area contributed by atoms with Crippen LogP contribution in [-0.2, 0) is 6.54 Å². The van der Waals surface area contributed by atoms with Crippen molar-refractivity contribution in [1.82, 2.24) is 10.2 Å². The number of aromatic nitrogens is 2. The van der Waals surface area contributed by atoms with Crippen molar-refractivity contribution in [2.75, 3.05) is 5.32 Å². The van der Waals surface area contributed by atoms with E-state index in [0.717, 1.165) is 22.7 Å². The minimum absolute atomic E-state index is 0.252. The molecule has 3 rings (SSSR count). The van der Waals surface area contributed by atoms with Crippen LogP contribution in [0.3, 0.4) is 0 Å². The van der Waals surface area contributed by atoms with E-state index >= 15 is 0 Å². The van der Waals surface area contributed by atoms with Crippen LogP contribution in [-0.4, -0.2) is 10.2 Å². The Balaban J connectivity index is 1.87. The Morgan fingerprint density at radius 3 is 2.75 bits per heavy atom. The molecule has 1 aromatic heterocycles. The van der Waals surface area contributed by atoms with Crippen molar-refractivity contribution in [2.45, 2.75) is 6.54 Å². The average Bonchev–Trinajstić information content (AvgIpc) is 2.46. The van der Waals surface area contributed by atoms with Gasteiger partial charge in [-0.15, -0.1) is 0 Å². The number of hydrogen-bond donors (Lipinski definition) is 1. The second-order valence-corrected chi connectivity index (χ2v) is 4.36. The van der Waals surface area contributed by atoms with Gasteiger partial charge in [0.05, 0.1) is 17.4 Å². The lowest BCUT2D eigenvalue weighted by molar-refractivity contribution is 0.574. The summed E-state index contributed by atoms with van der Waals surface area (Å²) in [6.45, 7) is 0.252. The summed E-state index contributed by atoms with van der Waals surface area (Å²) in [5.41, 5.74) is 1.92. The van der Waals surface area contributed by atoms with Crippen molar-refractivity contribution in [1.29, 1.82) is 0 Å². The van der Waals surface area contributed by atoms with E-state index < -0.39 is 11.6 Å². The molecule has 0 unspecified atom stereocenters. The number of rotatable bonds is 3. The Hall–Kier alpha value is -2.56. The third-order valence-electron chi connectivity index (χ3n) is 3.03. The highest BCUT2D eigenvalue weighted by Gasteiger charge is 2.06. The van der Waals surface area contributed by atoms with Crippen LogP contribution in [0.4, 0.5) is 14.5 Å². The molecule has 2 aromatic carbocycles. The molecule has 0 aliphatic carbocycles. The van der Waals surface area contributed by atoms with Gasteiger partial charge in [-0.25, -0.2) is 8.78 Å². The van der Waals surface area contributed by atoms with E-state index in [4.69, 9.17) is 0 Å². The molecule has 100 valence electrons. The number of benzene rings is 2. The topological polar surface area (TPSA) is 37.8 Å². The Bertz CT molecular complexity index is 754. The van der Waals surface area contributed by atoms with E-state index in [-0.39, 0.29) is 6.54 Å². The van der Waals surface area contributed by atoms with Gasteiger partial charge < -0.3 is 5.32 Å². The van der Waals surface area contributed by atoms with Crippen molar-refractivity contribution < 1.29 is 8.78 Å². The second kappa shape index (κ2) is 5.21. The maximum atomic E-state index is 13.6. The van der Waals surface area contributed by atoms with Crippen LogP contribution in [0.15, 0.2) is 48.7 Å². The SMILES string of the molecule is Fc1ccc(CNc2cnnc3ccccc23)c(F)c1. The molecule has 0 aliphatic rings. The van der Waals surface area contributed by atoms with Gasteiger partial charge >= 0.3 is 0 Å². The molecule has 0 saturated heterocycles. The summed E-state index contributed by atoms with van der Waals surface area (Å²) in [6.07, 6.45) is 1.59. The van der Waals surface area contributed by atoms with Crippen LogP contribution in [0.1, 0.15) is 5.56 Å². The zero-order valence-corrected chi connectivity index (χ0v) is 10.5. The molecule has 0 amide bonds. The molecule has 1 N–H and O–H groups in total. The maximum absolute atomic E-state index is 13.6. The Morgan fingerprint density at radius 2 is 1.90 bits per heavy atom. The van der Waals surface area contributed by atoms with Gasteiger partial charge in [0.15, 0.2) is 0 Å². The fourth-order valence-corrected chi connectivity index (χ4v) is 2.00. The zero-order chi connectivity index (χ0) is 13.9. The zero-order valence-electron chi connectivity index (χ0n) is 10.5. The van der Waals surface area contributed by atoms with Gasteiger partial charge in [-0.05, 0) is 12.1 Å². The molecule has 5 heteroatoms. The van der Waals surface area contributed by atoms with Crippen molar-refractivity contribution in [3.05, 3.63) is 65.9 Å². The number of halogens is 2. The summed E-state index contributed by atoms with van der Waals surface area (Å²) in [6, 6.07) is 11.1. The Kier molecular flexibility index (Phi) is 3.25. The molecule has 0 aliphatic heterocycles. The lowest BCUT2D eigenvalue weighted by Crippen LogP contribution is -2.03. The largest absolute Gasteiger partial charge is 0.379 e. The van der Waals surface area contributed by atoms with Crippen LogP contribution in [0.5, 0.6) is 0 Å². The minimum Gasteiger partial charge on any atom is -0.379 e.